The Balaban J connectivity index is 1.84. The van der Waals surface area contributed by atoms with E-state index in [1.807, 2.05) is 0 Å². The van der Waals surface area contributed by atoms with Crippen LogP contribution in [0.25, 0.3) is 0 Å². The van der Waals surface area contributed by atoms with Crippen LogP contribution in [0.2, 0.25) is 0 Å². The summed E-state index contributed by atoms with van der Waals surface area (Å²) >= 11 is 0. The number of hydrogen-bond acceptors (Lipinski definition) is 2. The molecule has 2 heteroatoms. The van der Waals surface area contributed by atoms with Gasteiger partial charge in [0.25, 0.3) is 0 Å². The molecular weight excluding hydrogens is 152 g/mol. The summed E-state index contributed by atoms with van der Waals surface area (Å²) in [6.45, 7) is 4.19. The van der Waals surface area contributed by atoms with Gasteiger partial charge in [0.05, 0.1) is 12.2 Å². The molecule has 12 heavy (non-hydrogen) atoms. The average Bonchev–Trinajstić information content (AvgIpc) is 2.77. The van der Waals surface area contributed by atoms with Crippen LogP contribution in [0, 0.1) is 5.92 Å². The SMILES string of the molecule is CC(C1CCCO1)C1CCCO1. The molecule has 0 saturated carbocycles. The van der Waals surface area contributed by atoms with Crippen LogP contribution in [0.15, 0.2) is 0 Å². The summed E-state index contributed by atoms with van der Waals surface area (Å²) in [5.74, 6) is 0.606. The van der Waals surface area contributed by atoms with Crippen LogP contribution in [-0.2, 0) is 9.47 Å². The van der Waals surface area contributed by atoms with Gasteiger partial charge in [-0.25, -0.2) is 0 Å². The van der Waals surface area contributed by atoms with Crippen molar-refractivity contribution in [2.24, 2.45) is 5.92 Å². The maximum absolute atomic E-state index is 5.65. The molecule has 0 aliphatic carbocycles. The fourth-order valence-electron chi connectivity index (χ4n) is 2.27. The number of ether oxygens (including phenoxy) is 2. The van der Waals surface area contributed by atoms with Crippen LogP contribution in [0.1, 0.15) is 32.6 Å². The van der Waals surface area contributed by atoms with Gasteiger partial charge in [-0.2, -0.15) is 0 Å². The number of hydrogen-bond donors (Lipinski definition) is 0. The molecule has 2 saturated heterocycles. The van der Waals surface area contributed by atoms with Crippen LogP contribution in [0.3, 0.4) is 0 Å². The third-order valence-corrected chi connectivity index (χ3v) is 3.10. The molecule has 2 unspecified atom stereocenters. The predicted octanol–water partition coefficient (Wildman–Crippen LogP) is 1.98. The molecule has 0 aromatic rings. The molecule has 2 fully saturated rings. The smallest absolute Gasteiger partial charge is 0.0626 e. The quantitative estimate of drug-likeness (QED) is 0.631. The second kappa shape index (κ2) is 3.75. The molecule has 0 radical (unpaired) electrons. The molecule has 2 nitrogen and oxygen atoms in total. The first-order chi connectivity index (χ1) is 5.88. The molecule has 2 heterocycles. The topological polar surface area (TPSA) is 18.5 Å². The average molecular weight is 170 g/mol. The Labute approximate surface area is 74.2 Å². The maximum atomic E-state index is 5.65. The zero-order chi connectivity index (χ0) is 8.39. The van der Waals surface area contributed by atoms with E-state index in [4.69, 9.17) is 9.47 Å². The highest BCUT2D eigenvalue weighted by Crippen LogP contribution is 2.28. The third-order valence-electron chi connectivity index (χ3n) is 3.10. The molecule has 0 bridgehead atoms. The lowest BCUT2D eigenvalue weighted by Crippen LogP contribution is -2.28. The zero-order valence-electron chi connectivity index (χ0n) is 7.79. The van der Waals surface area contributed by atoms with Gasteiger partial charge in [0, 0.05) is 19.1 Å². The monoisotopic (exact) mass is 170 g/mol. The molecule has 2 atom stereocenters. The molecule has 0 aromatic carbocycles. The van der Waals surface area contributed by atoms with Crippen molar-refractivity contribution in [3.05, 3.63) is 0 Å². The van der Waals surface area contributed by atoms with Crippen molar-refractivity contribution in [3.63, 3.8) is 0 Å². The van der Waals surface area contributed by atoms with Crippen molar-refractivity contribution in [1.29, 1.82) is 0 Å². The van der Waals surface area contributed by atoms with Crippen LogP contribution < -0.4 is 0 Å². The third kappa shape index (κ3) is 1.64. The van der Waals surface area contributed by atoms with E-state index in [2.05, 4.69) is 6.92 Å². The Hall–Kier alpha value is -0.0800. The first kappa shape index (κ1) is 8.52. The predicted molar refractivity (Wildman–Crippen MR) is 47.1 cm³/mol. The normalized spacial score (nSPS) is 38.8. The molecule has 2 aliphatic heterocycles. The summed E-state index contributed by atoms with van der Waals surface area (Å²) in [6.07, 6.45) is 5.91. The van der Waals surface area contributed by atoms with Crippen molar-refractivity contribution < 1.29 is 9.47 Å². The molecular formula is C10H18O2. The lowest BCUT2D eigenvalue weighted by atomic mass is 9.94. The first-order valence-electron chi connectivity index (χ1n) is 5.11. The van der Waals surface area contributed by atoms with E-state index < -0.39 is 0 Å². The van der Waals surface area contributed by atoms with Crippen molar-refractivity contribution >= 4 is 0 Å². The van der Waals surface area contributed by atoms with E-state index in [1.165, 1.54) is 25.7 Å². The largest absolute Gasteiger partial charge is 0.378 e. The highest BCUT2D eigenvalue weighted by Gasteiger charge is 2.31. The van der Waals surface area contributed by atoms with Crippen molar-refractivity contribution in [1.82, 2.24) is 0 Å². The fourth-order valence-corrected chi connectivity index (χ4v) is 2.27. The van der Waals surface area contributed by atoms with E-state index in [0.29, 0.717) is 18.1 Å². The Kier molecular flexibility index (Phi) is 2.66. The van der Waals surface area contributed by atoms with Crippen molar-refractivity contribution in [3.8, 4) is 0 Å². The minimum atomic E-state index is 0.480. The van der Waals surface area contributed by atoms with Crippen LogP contribution in [0.5, 0.6) is 0 Å². The summed E-state index contributed by atoms with van der Waals surface area (Å²) in [4.78, 5) is 0. The van der Waals surface area contributed by atoms with Gasteiger partial charge in [-0.3, -0.25) is 0 Å². The van der Waals surface area contributed by atoms with Crippen molar-refractivity contribution in [2.45, 2.75) is 44.8 Å². The number of rotatable bonds is 2. The molecule has 0 amide bonds. The fraction of sp³-hybridized carbons (Fsp3) is 1.00. The van der Waals surface area contributed by atoms with Crippen molar-refractivity contribution in [2.75, 3.05) is 13.2 Å². The highest BCUT2D eigenvalue weighted by atomic mass is 16.5. The molecule has 0 N–H and O–H groups in total. The minimum Gasteiger partial charge on any atom is -0.378 e. The molecule has 2 rings (SSSR count). The van der Waals surface area contributed by atoms with Gasteiger partial charge in [0.15, 0.2) is 0 Å². The summed E-state index contributed by atoms with van der Waals surface area (Å²) in [5, 5.41) is 0. The second-order valence-electron chi connectivity index (χ2n) is 3.96. The lowest BCUT2D eigenvalue weighted by molar-refractivity contribution is -0.0102. The first-order valence-corrected chi connectivity index (χ1v) is 5.11. The molecule has 2 aliphatic rings. The maximum Gasteiger partial charge on any atom is 0.0626 e. The minimum absolute atomic E-state index is 0.480. The Morgan fingerprint density at radius 1 is 1.00 bits per heavy atom. The van der Waals surface area contributed by atoms with E-state index in [0.717, 1.165) is 13.2 Å². The van der Waals surface area contributed by atoms with E-state index in [9.17, 15) is 0 Å². The van der Waals surface area contributed by atoms with E-state index in [1.54, 1.807) is 0 Å². The van der Waals surface area contributed by atoms with Gasteiger partial charge in [0.1, 0.15) is 0 Å². The summed E-state index contributed by atoms with van der Waals surface area (Å²) in [6, 6.07) is 0. The Morgan fingerprint density at radius 2 is 1.50 bits per heavy atom. The van der Waals surface area contributed by atoms with Gasteiger partial charge < -0.3 is 9.47 Å². The molecule has 70 valence electrons. The standard InChI is InChI=1S/C10H18O2/c1-8(9-4-2-6-11-9)10-5-3-7-12-10/h8-10H,2-7H2,1H3. The van der Waals surface area contributed by atoms with Gasteiger partial charge in [-0.15, -0.1) is 0 Å². The van der Waals surface area contributed by atoms with E-state index in [-0.39, 0.29) is 0 Å². The van der Waals surface area contributed by atoms with Crippen LogP contribution in [0.4, 0.5) is 0 Å². The van der Waals surface area contributed by atoms with Crippen LogP contribution >= 0.6 is 0 Å². The summed E-state index contributed by atoms with van der Waals surface area (Å²) in [7, 11) is 0. The Bertz CT molecular complexity index is 119. The lowest BCUT2D eigenvalue weighted by Gasteiger charge is -2.23. The van der Waals surface area contributed by atoms with Gasteiger partial charge in [-0.1, -0.05) is 6.92 Å². The van der Waals surface area contributed by atoms with Gasteiger partial charge in [0.2, 0.25) is 0 Å². The zero-order valence-corrected chi connectivity index (χ0v) is 7.79. The van der Waals surface area contributed by atoms with E-state index >= 15 is 0 Å². The highest BCUT2D eigenvalue weighted by molar-refractivity contribution is 4.80. The van der Waals surface area contributed by atoms with Gasteiger partial charge in [-0.05, 0) is 25.7 Å². The van der Waals surface area contributed by atoms with Gasteiger partial charge >= 0.3 is 0 Å². The van der Waals surface area contributed by atoms with Crippen LogP contribution in [-0.4, -0.2) is 25.4 Å². The molecule has 0 spiro atoms. The molecule has 0 aromatic heterocycles. The summed E-state index contributed by atoms with van der Waals surface area (Å²) in [5.41, 5.74) is 0. The summed E-state index contributed by atoms with van der Waals surface area (Å²) < 4.78 is 11.3. The second-order valence-corrected chi connectivity index (χ2v) is 3.96. The Morgan fingerprint density at radius 3 is 1.83 bits per heavy atom.